The minimum Gasteiger partial charge on any atom is -0.368 e. The number of nitrogens with zero attached hydrogens (tertiary/aromatic N) is 4. The molecular formula is C16H18N4O3S. The van der Waals surface area contributed by atoms with Crippen molar-refractivity contribution >= 4 is 28.6 Å². The van der Waals surface area contributed by atoms with Gasteiger partial charge >= 0.3 is 0 Å². The minimum atomic E-state index is -0.402. The summed E-state index contributed by atoms with van der Waals surface area (Å²) in [6.45, 7) is 4.68. The Morgan fingerprint density at radius 3 is 2.46 bits per heavy atom. The second-order valence-corrected chi connectivity index (χ2v) is 6.74. The van der Waals surface area contributed by atoms with Crippen LogP contribution in [0.2, 0.25) is 0 Å². The van der Waals surface area contributed by atoms with Crippen molar-refractivity contribution in [2.24, 2.45) is 0 Å². The van der Waals surface area contributed by atoms with Crippen molar-refractivity contribution in [1.82, 2.24) is 9.88 Å². The number of hydrogen-bond acceptors (Lipinski definition) is 6. The molecule has 1 amide bonds. The van der Waals surface area contributed by atoms with E-state index in [2.05, 4.69) is 9.88 Å². The van der Waals surface area contributed by atoms with E-state index in [-0.39, 0.29) is 11.6 Å². The number of carbonyl (C=O) groups excluding carboxylic acids is 1. The Bertz CT molecular complexity index is 736. The van der Waals surface area contributed by atoms with Gasteiger partial charge in [0.15, 0.2) is 0 Å². The standard InChI is InChI=1S/C16H18N4O3S/c1-12-17-13(11-24-12)10-16(21)19-8-6-18(7-9-19)14-2-4-15(5-3-14)20(22)23/h2-5,11H,6-10H2,1H3. The van der Waals surface area contributed by atoms with Gasteiger partial charge in [-0.2, -0.15) is 0 Å². The second-order valence-electron chi connectivity index (χ2n) is 5.68. The van der Waals surface area contributed by atoms with E-state index < -0.39 is 4.92 Å². The molecule has 1 saturated heterocycles. The number of hydrogen-bond donors (Lipinski definition) is 0. The van der Waals surface area contributed by atoms with Gasteiger partial charge in [-0.15, -0.1) is 11.3 Å². The van der Waals surface area contributed by atoms with Gasteiger partial charge in [-0.1, -0.05) is 0 Å². The summed E-state index contributed by atoms with van der Waals surface area (Å²) in [5, 5.41) is 13.6. The zero-order valence-electron chi connectivity index (χ0n) is 13.3. The average Bonchev–Trinajstić information content (AvgIpc) is 3.00. The quantitative estimate of drug-likeness (QED) is 0.627. The van der Waals surface area contributed by atoms with Crippen LogP contribution in [0.15, 0.2) is 29.6 Å². The van der Waals surface area contributed by atoms with Crippen LogP contribution in [0.5, 0.6) is 0 Å². The number of thiazole rings is 1. The number of aromatic nitrogens is 1. The number of nitro groups is 1. The summed E-state index contributed by atoms with van der Waals surface area (Å²) in [7, 11) is 0. The second kappa shape index (κ2) is 6.96. The van der Waals surface area contributed by atoms with Crippen molar-refractivity contribution in [2.75, 3.05) is 31.1 Å². The summed E-state index contributed by atoms with van der Waals surface area (Å²) in [6, 6.07) is 6.54. The molecule has 2 heterocycles. The minimum absolute atomic E-state index is 0.0890. The van der Waals surface area contributed by atoms with Crippen LogP contribution in [0.4, 0.5) is 11.4 Å². The Morgan fingerprint density at radius 1 is 1.25 bits per heavy atom. The number of nitro benzene ring substituents is 1. The molecule has 1 fully saturated rings. The van der Waals surface area contributed by atoms with Gasteiger partial charge in [0.1, 0.15) is 0 Å². The van der Waals surface area contributed by atoms with E-state index in [1.165, 1.54) is 12.1 Å². The SMILES string of the molecule is Cc1nc(CC(=O)N2CCN(c3ccc([N+](=O)[O-])cc3)CC2)cs1. The Hall–Kier alpha value is -2.48. The monoisotopic (exact) mass is 346 g/mol. The molecule has 0 radical (unpaired) electrons. The number of non-ortho nitro benzene ring substituents is 1. The molecule has 0 spiro atoms. The number of aryl methyl sites for hydroxylation is 1. The molecule has 24 heavy (non-hydrogen) atoms. The molecule has 0 saturated carbocycles. The van der Waals surface area contributed by atoms with Gasteiger partial charge in [-0.05, 0) is 19.1 Å². The lowest BCUT2D eigenvalue weighted by Gasteiger charge is -2.36. The van der Waals surface area contributed by atoms with E-state index in [9.17, 15) is 14.9 Å². The Labute approximate surface area is 143 Å². The average molecular weight is 346 g/mol. The van der Waals surface area contributed by atoms with Gasteiger partial charge in [0, 0.05) is 49.4 Å². The maximum Gasteiger partial charge on any atom is 0.269 e. The van der Waals surface area contributed by atoms with E-state index in [1.54, 1.807) is 23.5 Å². The Kier molecular flexibility index (Phi) is 4.75. The van der Waals surface area contributed by atoms with Crippen LogP contribution in [0.3, 0.4) is 0 Å². The van der Waals surface area contributed by atoms with Crippen molar-refractivity contribution in [3.8, 4) is 0 Å². The molecule has 2 aromatic rings. The first-order valence-corrected chi connectivity index (χ1v) is 8.59. The molecule has 8 heteroatoms. The van der Waals surface area contributed by atoms with Crippen LogP contribution >= 0.6 is 11.3 Å². The van der Waals surface area contributed by atoms with Gasteiger partial charge in [0.25, 0.3) is 5.69 Å². The van der Waals surface area contributed by atoms with Gasteiger partial charge in [-0.3, -0.25) is 14.9 Å². The predicted molar refractivity (Wildman–Crippen MR) is 92.4 cm³/mol. The van der Waals surface area contributed by atoms with E-state index in [0.29, 0.717) is 19.5 Å². The van der Waals surface area contributed by atoms with Crippen LogP contribution in [0.1, 0.15) is 10.7 Å². The fourth-order valence-electron chi connectivity index (χ4n) is 2.76. The molecule has 0 atom stereocenters. The molecule has 1 aliphatic rings. The highest BCUT2D eigenvalue weighted by Crippen LogP contribution is 2.21. The summed E-state index contributed by atoms with van der Waals surface area (Å²) in [5.74, 6) is 0.101. The summed E-state index contributed by atoms with van der Waals surface area (Å²) in [4.78, 5) is 31.0. The molecule has 0 N–H and O–H groups in total. The van der Waals surface area contributed by atoms with Crippen LogP contribution < -0.4 is 4.90 Å². The lowest BCUT2D eigenvalue weighted by molar-refractivity contribution is -0.384. The zero-order valence-corrected chi connectivity index (χ0v) is 14.2. The first-order valence-electron chi connectivity index (χ1n) is 7.71. The molecule has 0 aliphatic carbocycles. The van der Waals surface area contributed by atoms with Crippen LogP contribution in [-0.2, 0) is 11.2 Å². The molecule has 0 bridgehead atoms. The number of anilines is 1. The zero-order chi connectivity index (χ0) is 17.1. The van der Waals surface area contributed by atoms with E-state index >= 15 is 0 Å². The molecule has 7 nitrogen and oxygen atoms in total. The molecule has 1 aromatic carbocycles. The molecule has 0 unspecified atom stereocenters. The van der Waals surface area contributed by atoms with Gasteiger partial charge < -0.3 is 9.80 Å². The number of piperazine rings is 1. The summed E-state index contributed by atoms with van der Waals surface area (Å²) in [6.07, 6.45) is 0.349. The van der Waals surface area contributed by atoms with Crippen molar-refractivity contribution in [1.29, 1.82) is 0 Å². The molecule has 1 aliphatic heterocycles. The van der Waals surface area contributed by atoms with E-state index in [1.807, 2.05) is 17.2 Å². The number of rotatable bonds is 4. The van der Waals surface area contributed by atoms with Gasteiger partial charge in [0.05, 0.1) is 22.0 Å². The lowest BCUT2D eigenvalue weighted by atomic mass is 10.2. The van der Waals surface area contributed by atoms with Crippen LogP contribution in [0.25, 0.3) is 0 Å². The third-order valence-corrected chi connectivity index (χ3v) is 4.88. The topological polar surface area (TPSA) is 79.6 Å². The Morgan fingerprint density at radius 2 is 1.92 bits per heavy atom. The molecular weight excluding hydrogens is 328 g/mol. The van der Waals surface area contributed by atoms with Crippen molar-refractivity contribution in [3.63, 3.8) is 0 Å². The van der Waals surface area contributed by atoms with Gasteiger partial charge in [0.2, 0.25) is 5.91 Å². The fraction of sp³-hybridized carbons (Fsp3) is 0.375. The number of amides is 1. The molecule has 1 aromatic heterocycles. The third kappa shape index (κ3) is 3.70. The first kappa shape index (κ1) is 16.4. The maximum atomic E-state index is 12.3. The summed E-state index contributed by atoms with van der Waals surface area (Å²) < 4.78 is 0. The largest absolute Gasteiger partial charge is 0.368 e. The fourth-order valence-corrected chi connectivity index (χ4v) is 3.37. The summed E-state index contributed by atoms with van der Waals surface area (Å²) in [5.41, 5.74) is 1.87. The van der Waals surface area contributed by atoms with Crippen molar-refractivity contribution in [2.45, 2.75) is 13.3 Å². The Balaban J connectivity index is 1.55. The highest BCUT2D eigenvalue weighted by atomic mass is 32.1. The highest BCUT2D eigenvalue weighted by Gasteiger charge is 2.22. The van der Waals surface area contributed by atoms with E-state index in [4.69, 9.17) is 0 Å². The van der Waals surface area contributed by atoms with Gasteiger partial charge in [-0.25, -0.2) is 4.98 Å². The van der Waals surface area contributed by atoms with Crippen molar-refractivity contribution < 1.29 is 9.72 Å². The molecule has 126 valence electrons. The van der Waals surface area contributed by atoms with E-state index in [0.717, 1.165) is 29.5 Å². The highest BCUT2D eigenvalue weighted by molar-refractivity contribution is 7.09. The van der Waals surface area contributed by atoms with Crippen LogP contribution in [-0.4, -0.2) is 46.9 Å². The lowest BCUT2D eigenvalue weighted by Crippen LogP contribution is -2.49. The molecule has 3 rings (SSSR count). The number of carbonyl (C=O) groups is 1. The number of benzene rings is 1. The third-order valence-electron chi connectivity index (χ3n) is 4.06. The first-order chi connectivity index (χ1) is 11.5. The maximum absolute atomic E-state index is 12.3. The van der Waals surface area contributed by atoms with Crippen LogP contribution in [0, 0.1) is 17.0 Å². The van der Waals surface area contributed by atoms with Crippen molar-refractivity contribution in [3.05, 3.63) is 50.5 Å². The predicted octanol–water partition coefficient (Wildman–Crippen LogP) is 2.25. The summed E-state index contributed by atoms with van der Waals surface area (Å²) >= 11 is 1.56. The smallest absolute Gasteiger partial charge is 0.269 e. The normalized spacial score (nSPS) is 14.7.